The van der Waals surface area contributed by atoms with Gasteiger partial charge >= 0.3 is 0 Å². The van der Waals surface area contributed by atoms with Crippen LogP contribution in [-0.2, 0) is 10.0 Å². The Hall–Kier alpha value is -1.19. The number of sulfonamides is 1. The first-order valence-corrected chi connectivity index (χ1v) is 9.03. The van der Waals surface area contributed by atoms with Crippen molar-refractivity contribution in [3.8, 4) is 0 Å². The highest BCUT2D eigenvalue weighted by Gasteiger charge is 2.38. The normalized spacial score (nSPS) is 17.9. The molecule has 2 aromatic rings. The van der Waals surface area contributed by atoms with Crippen LogP contribution in [0.2, 0.25) is 10.0 Å². The van der Waals surface area contributed by atoms with E-state index in [0.29, 0.717) is 10.7 Å². The maximum Gasteiger partial charge on any atom is 0.243 e. The number of hydrogen-bond acceptors (Lipinski definition) is 5. The standard InChI is InChI=1S/C13H14Cl2N4O3S/c1-8(20)13-7-19(17-16-13)9-5-18(6-9)23(21,22)10-2-3-11(14)12(15)4-10/h2-4,7-9,20H,5-6H2,1H3/t8-/m0/s1. The van der Waals surface area contributed by atoms with E-state index in [4.69, 9.17) is 23.2 Å². The maximum atomic E-state index is 12.5. The lowest BCUT2D eigenvalue weighted by atomic mass is 10.2. The molecule has 1 N–H and O–H groups in total. The van der Waals surface area contributed by atoms with Crippen LogP contribution in [0, 0.1) is 0 Å². The summed E-state index contributed by atoms with van der Waals surface area (Å²) in [5.41, 5.74) is 0.454. The minimum Gasteiger partial charge on any atom is -0.387 e. The van der Waals surface area contributed by atoms with Gasteiger partial charge in [0.15, 0.2) is 0 Å². The molecule has 0 radical (unpaired) electrons. The van der Waals surface area contributed by atoms with Gasteiger partial charge in [-0.2, -0.15) is 4.31 Å². The van der Waals surface area contributed by atoms with Gasteiger partial charge in [-0.25, -0.2) is 13.1 Å². The number of halogens is 2. The molecule has 3 rings (SSSR count). The van der Waals surface area contributed by atoms with E-state index in [1.54, 1.807) is 17.8 Å². The van der Waals surface area contributed by atoms with Crippen molar-refractivity contribution in [2.24, 2.45) is 0 Å². The van der Waals surface area contributed by atoms with Crippen LogP contribution in [0.15, 0.2) is 29.3 Å². The number of aliphatic hydroxyl groups excluding tert-OH is 1. The van der Waals surface area contributed by atoms with Gasteiger partial charge in [-0.3, -0.25) is 0 Å². The van der Waals surface area contributed by atoms with Crippen LogP contribution in [-0.4, -0.2) is 45.9 Å². The molecule has 10 heteroatoms. The SMILES string of the molecule is C[C@H](O)c1cn(C2CN(S(=O)(=O)c3ccc(Cl)c(Cl)c3)C2)nn1. The third-order valence-electron chi connectivity index (χ3n) is 3.69. The first-order valence-electron chi connectivity index (χ1n) is 6.84. The third kappa shape index (κ3) is 3.09. The van der Waals surface area contributed by atoms with Gasteiger partial charge < -0.3 is 5.11 Å². The molecular weight excluding hydrogens is 363 g/mol. The highest BCUT2D eigenvalue weighted by molar-refractivity contribution is 7.89. The van der Waals surface area contributed by atoms with Gasteiger partial charge in [0.2, 0.25) is 10.0 Å². The zero-order valence-corrected chi connectivity index (χ0v) is 14.4. The topological polar surface area (TPSA) is 88.3 Å². The molecule has 0 amide bonds. The molecule has 1 atom stereocenters. The molecule has 1 aromatic carbocycles. The summed E-state index contributed by atoms with van der Waals surface area (Å²) in [5.74, 6) is 0. The lowest BCUT2D eigenvalue weighted by Gasteiger charge is -2.37. The lowest BCUT2D eigenvalue weighted by Crippen LogP contribution is -2.50. The van der Waals surface area contributed by atoms with E-state index in [-0.39, 0.29) is 29.0 Å². The molecule has 1 aliphatic heterocycles. The molecule has 0 aliphatic carbocycles. The highest BCUT2D eigenvalue weighted by atomic mass is 35.5. The van der Waals surface area contributed by atoms with E-state index in [9.17, 15) is 13.5 Å². The summed E-state index contributed by atoms with van der Waals surface area (Å²) in [6, 6.07) is 4.12. The van der Waals surface area contributed by atoms with Crippen molar-refractivity contribution in [2.75, 3.05) is 13.1 Å². The van der Waals surface area contributed by atoms with E-state index >= 15 is 0 Å². The Morgan fingerprint density at radius 2 is 2.00 bits per heavy atom. The highest BCUT2D eigenvalue weighted by Crippen LogP contribution is 2.31. The molecule has 1 aliphatic rings. The van der Waals surface area contributed by atoms with Crippen molar-refractivity contribution in [3.05, 3.63) is 40.1 Å². The van der Waals surface area contributed by atoms with Crippen molar-refractivity contribution >= 4 is 33.2 Å². The molecule has 0 bridgehead atoms. The van der Waals surface area contributed by atoms with E-state index in [1.165, 1.54) is 22.5 Å². The minimum atomic E-state index is -3.61. The molecule has 0 unspecified atom stereocenters. The fraction of sp³-hybridized carbons (Fsp3) is 0.385. The van der Waals surface area contributed by atoms with Crippen LogP contribution in [0.5, 0.6) is 0 Å². The quantitative estimate of drug-likeness (QED) is 0.879. The fourth-order valence-corrected chi connectivity index (χ4v) is 4.13. The summed E-state index contributed by atoms with van der Waals surface area (Å²) in [7, 11) is -3.61. The van der Waals surface area contributed by atoms with Crippen LogP contribution in [0.25, 0.3) is 0 Å². The van der Waals surface area contributed by atoms with Crippen molar-refractivity contribution in [3.63, 3.8) is 0 Å². The Morgan fingerprint density at radius 3 is 2.57 bits per heavy atom. The van der Waals surface area contributed by atoms with Gasteiger partial charge in [0.1, 0.15) is 5.69 Å². The monoisotopic (exact) mass is 376 g/mol. The molecule has 1 saturated heterocycles. The van der Waals surface area contributed by atoms with Crippen LogP contribution in [0.1, 0.15) is 24.8 Å². The fourth-order valence-electron chi connectivity index (χ4n) is 2.23. The summed E-state index contributed by atoms with van der Waals surface area (Å²) in [6.45, 7) is 2.16. The summed E-state index contributed by atoms with van der Waals surface area (Å²) >= 11 is 11.7. The van der Waals surface area contributed by atoms with Gasteiger partial charge in [0.25, 0.3) is 0 Å². The second-order valence-corrected chi connectivity index (χ2v) is 8.10. The number of hydrogen-bond donors (Lipinski definition) is 1. The zero-order valence-electron chi connectivity index (χ0n) is 12.1. The minimum absolute atomic E-state index is 0.104. The Balaban J connectivity index is 1.73. The summed E-state index contributed by atoms with van der Waals surface area (Å²) in [4.78, 5) is 0.105. The van der Waals surface area contributed by atoms with Crippen molar-refractivity contribution in [1.82, 2.24) is 19.3 Å². The molecular formula is C13H14Cl2N4O3S. The lowest BCUT2D eigenvalue weighted by molar-refractivity contribution is 0.187. The molecule has 1 aromatic heterocycles. The van der Waals surface area contributed by atoms with Gasteiger partial charge in [-0.05, 0) is 25.1 Å². The van der Waals surface area contributed by atoms with E-state index in [0.717, 1.165) is 0 Å². The second kappa shape index (κ2) is 6.03. The number of aliphatic hydroxyl groups is 1. The van der Waals surface area contributed by atoms with E-state index in [2.05, 4.69) is 10.3 Å². The van der Waals surface area contributed by atoms with Crippen LogP contribution in [0.4, 0.5) is 0 Å². The molecule has 0 spiro atoms. The molecule has 2 heterocycles. The summed E-state index contributed by atoms with van der Waals surface area (Å²) in [6.07, 6.45) is 0.915. The molecule has 0 saturated carbocycles. The smallest absolute Gasteiger partial charge is 0.243 e. The number of benzene rings is 1. The Bertz CT molecular complexity index is 831. The average Bonchev–Trinajstić information content (AvgIpc) is 2.89. The van der Waals surface area contributed by atoms with Crippen molar-refractivity contribution < 1.29 is 13.5 Å². The molecule has 124 valence electrons. The van der Waals surface area contributed by atoms with Crippen molar-refractivity contribution in [1.29, 1.82) is 0 Å². The van der Waals surface area contributed by atoms with Gasteiger partial charge in [-0.15, -0.1) is 5.10 Å². The average molecular weight is 377 g/mol. The number of nitrogens with zero attached hydrogens (tertiary/aromatic N) is 4. The first-order chi connectivity index (χ1) is 10.8. The van der Waals surface area contributed by atoms with Gasteiger partial charge in [-0.1, -0.05) is 28.4 Å². The van der Waals surface area contributed by atoms with Crippen molar-refractivity contribution in [2.45, 2.75) is 24.0 Å². The van der Waals surface area contributed by atoms with Crippen LogP contribution < -0.4 is 0 Å². The maximum absolute atomic E-state index is 12.5. The van der Waals surface area contributed by atoms with Crippen LogP contribution in [0.3, 0.4) is 0 Å². The first kappa shape index (κ1) is 16.7. The van der Waals surface area contributed by atoms with E-state index < -0.39 is 16.1 Å². The predicted molar refractivity (Wildman–Crippen MR) is 84.9 cm³/mol. The summed E-state index contributed by atoms with van der Waals surface area (Å²) < 4.78 is 27.9. The Morgan fingerprint density at radius 1 is 1.30 bits per heavy atom. The largest absolute Gasteiger partial charge is 0.387 e. The molecule has 1 fully saturated rings. The molecule has 23 heavy (non-hydrogen) atoms. The van der Waals surface area contributed by atoms with Gasteiger partial charge in [0, 0.05) is 13.1 Å². The Kier molecular flexibility index (Phi) is 4.37. The Labute approximate surface area is 143 Å². The van der Waals surface area contributed by atoms with Gasteiger partial charge in [0.05, 0.1) is 33.3 Å². The summed E-state index contributed by atoms with van der Waals surface area (Å²) in [5, 5.41) is 17.7. The molecule has 7 nitrogen and oxygen atoms in total. The number of aromatic nitrogens is 3. The second-order valence-electron chi connectivity index (χ2n) is 5.35. The van der Waals surface area contributed by atoms with Crippen LogP contribution >= 0.6 is 23.2 Å². The third-order valence-corrected chi connectivity index (χ3v) is 6.25. The van der Waals surface area contributed by atoms with E-state index in [1.807, 2.05) is 0 Å². The number of rotatable bonds is 4. The predicted octanol–water partition coefficient (Wildman–Crippen LogP) is 1.88. The zero-order chi connectivity index (χ0) is 16.8.